The van der Waals surface area contributed by atoms with Crippen molar-refractivity contribution < 1.29 is 14.6 Å². The van der Waals surface area contributed by atoms with Gasteiger partial charge in [0.1, 0.15) is 4.34 Å². The number of ether oxygens (including phenoxy) is 1. The Balaban J connectivity index is 3.20. The van der Waals surface area contributed by atoms with Gasteiger partial charge in [-0.3, -0.25) is 0 Å². The number of carbonyl (C=O) groups is 1. The zero-order valence-corrected chi connectivity index (χ0v) is 10.9. The highest BCUT2D eigenvalue weighted by Gasteiger charge is 2.20. The quantitative estimate of drug-likeness (QED) is 0.396. The minimum absolute atomic E-state index is 0.187. The Kier molecular flexibility index (Phi) is 5.11. The van der Waals surface area contributed by atoms with Gasteiger partial charge in [-0.15, -0.1) is 16.5 Å². The number of rotatable bonds is 4. The number of carbonyl (C=O) groups excluding carboxylic acids is 1. The van der Waals surface area contributed by atoms with Crippen LogP contribution in [0, 0.1) is 0 Å². The minimum atomic E-state index is -0.738. The van der Waals surface area contributed by atoms with Crippen LogP contribution >= 0.6 is 22.9 Å². The lowest BCUT2D eigenvalue weighted by molar-refractivity contribution is -0.138. The fraction of sp³-hybridized carbons (Fsp3) is 0.300. The molecule has 0 aliphatic carbocycles. The highest BCUT2D eigenvalue weighted by Crippen LogP contribution is 2.30. The molecule has 0 saturated heterocycles. The van der Waals surface area contributed by atoms with Gasteiger partial charge < -0.3 is 9.84 Å². The maximum Gasteiger partial charge on any atom is 0.362 e. The van der Waals surface area contributed by atoms with Gasteiger partial charge in [0, 0.05) is 12.6 Å². The van der Waals surface area contributed by atoms with E-state index in [4.69, 9.17) is 16.3 Å². The molecule has 1 heterocycles. The van der Waals surface area contributed by atoms with E-state index in [-0.39, 0.29) is 18.1 Å². The first-order valence-electron chi connectivity index (χ1n) is 4.75. The molecule has 0 radical (unpaired) electrons. The van der Waals surface area contributed by atoms with E-state index in [1.165, 1.54) is 18.4 Å². The SMILES string of the molecule is CCOC(=O)/C(N=NC)=C(\O)c1ccsc1Cl. The van der Waals surface area contributed by atoms with E-state index in [1.807, 2.05) is 0 Å². The van der Waals surface area contributed by atoms with E-state index in [0.717, 1.165) is 0 Å². The minimum Gasteiger partial charge on any atom is -0.505 e. The lowest BCUT2D eigenvalue weighted by atomic mass is 10.2. The summed E-state index contributed by atoms with van der Waals surface area (Å²) in [6.45, 7) is 1.85. The molecule has 92 valence electrons. The monoisotopic (exact) mass is 274 g/mol. The summed E-state index contributed by atoms with van der Waals surface area (Å²) < 4.78 is 5.14. The third kappa shape index (κ3) is 3.28. The molecule has 0 atom stereocenters. The van der Waals surface area contributed by atoms with Gasteiger partial charge in [-0.25, -0.2) is 4.79 Å². The summed E-state index contributed by atoms with van der Waals surface area (Å²) in [6, 6.07) is 1.59. The summed E-state index contributed by atoms with van der Waals surface area (Å²) in [6.07, 6.45) is 0. The average molecular weight is 275 g/mol. The van der Waals surface area contributed by atoms with Crippen molar-refractivity contribution in [2.75, 3.05) is 13.7 Å². The fourth-order valence-corrected chi connectivity index (χ4v) is 2.00. The third-order valence-electron chi connectivity index (χ3n) is 1.77. The maximum atomic E-state index is 11.5. The highest BCUT2D eigenvalue weighted by molar-refractivity contribution is 7.14. The third-order valence-corrected chi connectivity index (χ3v) is 2.94. The number of aliphatic hydroxyl groups is 1. The van der Waals surface area contributed by atoms with Crippen LogP contribution in [0.4, 0.5) is 0 Å². The van der Waals surface area contributed by atoms with Crippen LogP contribution in [-0.4, -0.2) is 24.7 Å². The molecule has 1 aromatic heterocycles. The van der Waals surface area contributed by atoms with Gasteiger partial charge in [0.2, 0.25) is 5.70 Å². The van der Waals surface area contributed by atoms with E-state index in [2.05, 4.69) is 10.2 Å². The standard InChI is InChI=1S/C10H11ClN2O3S/c1-3-16-10(15)7(13-12-2)8(14)6-4-5-17-9(6)11/h4-5,14H,3H2,1-2H3/b8-7+,13-12?. The largest absolute Gasteiger partial charge is 0.505 e. The van der Waals surface area contributed by atoms with Crippen LogP contribution in [0.5, 0.6) is 0 Å². The molecule has 0 unspecified atom stereocenters. The second-order valence-corrected chi connectivity index (χ2v) is 4.34. The Morgan fingerprint density at radius 3 is 2.82 bits per heavy atom. The second kappa shape index (κ2) is 6.36. The Labute approximate surface area is 107 Å². The number of hydrogen-bond acceptors (Lipinski definition) is 6. The Hall–Kier alpha value is -1.40. The molecule has 5 nitrogen and oxygen atoms in total. The van der Waals surface area contributed by atoms with Crippen LogP contribution in [0.1, 0.15) is 12.5 Å². The Morgan fingerprint density at radius 2 is 2.35 bits per heavy atom. The first-order chi connectivity index (χ1) is 8.11. The molecule has 17 heavy (non-hydrogen) atoms. The van der Waals surface area contributed by atoms with E-state index in [0.29, 0.717) is 9.90 Å². The van der Waals surface area contributed by atoms with Crippen molar-refractivity contribution in [3.63, 3.8) is 0 Å². The van der Waals surface area contributed by atoms with Crippen LogP contribution in [0.3, 0.4) is 0 Å². The fourth-order valence-electron chi connectivity index (χ4n) is 1.07. The summed E-state index contributed by atoms with van der Waals surface area (Å²) in [5, 5.41) is 18.7. The summed E-state index contributed by atoms with van der Waals surface area (Å²) in [5.74, 6) is -1.07. The van der Waals surface area contributed by atoms with Crippen molar-refractivity contribution >= 4 is 34.7 Å². The first-order valence-corrected chi connectivity index (χ1v) is 6.01. The molecule has 1 rings (SSSR count). The molecular formula is C10H11ClN2O3S. The van der Waals surface area contributed by atoms with E-state index < -0.39 is 5.97 Å². The van der Waals surface area contributed by atoms with Crippen molar-refractivity contribution in [2.45, 2.75) is 6.92 Å². The van der Waals surface area contributed by atoms with E-state index >= 15 is 0 Å². The highest BCUT2D eigenvalue weighted by atomic mass is 35.5. The number of nitrogens with zero attached hydrogens (tertiary/aromatic N) is 2. The maximum absolute atomic E-state index is 11.5. The lowest BCUT2D eigenvalue weighted by Gasteiger charge is -2.04. The molecule has 1 aromatic rings. The molecule has 0 bridgehead atoms. The van der Waals surface area contributed by atoms with Crippen LogP contribution < -0.4 is 0 Å². The van der Waals surface area contributed by atoms with Crippen LogP contribution in [0.25, 0.3) is 5.76 Å². The van der Waals surface area contributed by atoms with Crippen molar-refractivity contribution in [3.8, 4) is 0 Å². The van der Waals surface area contributed by atoms with Gasteiger partial charge >= 0.3 is 5.97 Å². The Morgan fingerprint density at radius 1 is 1.65 bits per heavy atom. The number of halogens is 1. The lowest BCUT2D eigenvalue weighted by Crippen LogP contribution is -2.08. The molecule has 7 heteroatoms. The first kappa shape index (κ1) is 13.7. The molecular weight excluding hydrogens is 264 g/mol. The van der Waals surface area contributed by atoms with Gasteiger partial charge in [0.25, 0.3) is 0 Å². The molecule has 0 aromatic carbocycles. The van der Waals surface area contributed by atoms with Crippen LogP contribution in [0.15, 0.2) is 27.4 Å². The summed E-state index contributed by atoms with van der Waals surface area (Å²) >= 11 is 7.10. The summed E-state index contributed by atoms with van der Waals surface area (Å²) in [5.41, 5.74) is 0.0850. The molecule has 1 N–H and O–H groups in total. The Bertz CT molecular complexity index is 468. The number of hydrogen-bond donors (Lipinski definition) is 1. The van der Waals surface area contributed by atoms with Gasteiger partial charge in [0.05, 0.1) is 6.61 Å². The van der Waals surface area contributed by atoms with Crippen molar-refractivity contribution in [1.29, 1.82) is 0 Å². The summed E-state index contributed by atoms with van der Waals surface area (Å²) in [4.78, 5) is 11.5. The van der Waals surface area contributed by atoms with Gasteiger partial charge in [-0.1, -0.05) is 11.6 Å². The molecule has 0 saturated carbocycles. The van der Waals surface area contributed by atoms with E-state index in [9.17, 15) is 9.90 Å². The summed E-state index contributed by atoms with van der Waals surface area (Å²) in [7, 11) is 1.39. The number of thiophene rings is 1. The van der Waals surface area contributed by atoms with Crippen LogP contribution in [0.2, 0.25) is 4.34 Å². The molecule has 0 aliphatic rings. The smallest absolute Gasteiger partial charge is 0.362 e. The predicted octanol–water partition coefficient (Wildman–Crippen LogP) is 3.27. The van der Waals surface area contributed by atoms with Crippen molar-refractivity contribution in [2.24, 2.45) is 10.2 Å². The van der Waals surface area contributed by atoms with Crippen molar-refractivity contribution in [3.05, 3.63) is 27.0 Å². The normalized spacial score (nSPS) is 12.6. The zero-order chi connectivity index (χ0) is 12.8. The molecule has 0 aliphatic heterocycles. The van der Waals surface area contributed by atoms with Gasteiger partial charge in [-0.05, 0) is 18.4 Å². The number of azo groups is 1. The van der Waals surface area contributed by atoms with Gasteiger partial charge in [-0.2, -0.15) is 5.11 Å². The average Bonchev–Trinajstić information content (AvgIpc) is 2.71. The van der Waals surface area contributed by atoms with Gasteiger partial charge in [0.15, 0.2) is 5.76 Å². The number of aliphatic hydroxyl groups excluding tert-OH is 1. The molecule has 0 fully saturated rings. The van der Waals surface area contributed by atoms with Crippen molar-refractivity contribution in [1.82, 2.24) is 0 Å². The molecule has 0 amide bonds. The zero-order valence-electron chi connectivity index (χ0n) is 9.31. The molecule has 0 spiro atoms. The van der Waals surface area contributed by atoms with Crippen LogP contribution in [-0.2, 0) is 9.53 Å². The van der Waals surface area contributed by atoms with E-state index in [1.54, 1.807) is 18.4 Å². The second-order valence-electron chi connectivity index (χ2n) is 2.83. The predicted molar refractivity (Wildman–Crippen MR) is 66.3 cm³/mol. The topological polar surface area (TPSA) is 71.2 Å². The number of esters is 1.